The highest BCUT2D eigenvalue weighted by atomic mass is 19.1. The van der Waals surface area contributed by atoms with Crippen molar-refractivity contribution in [1.82, 2.24) is 0 Å². The molecule has 64 valence electrons. The van der Waals surface area contributed by atoms with Gasteiger partial charge in [0.25, 0.3) is 0 Å². The van der Waals surface area contributed by atoms with Gasteiger partial charge in [-0.3, -0.25) is 0 Å². The number of nitrogens with two attached hydrogens (primary N) is 1. The predicted octanol–water partition coefficient (Wildman–Crippen LogP) is 1.76. The first-order valence-corrected chi connectivity index (χ1v) is 3.94. The molecule has 2 rings (SSSR count). The van der Waals surface area contributed by atoms with Gasteiger partial charge in [0.15, 0.2) is 0 Å². The Balaban J connectivity index is 2.37. The highest BCUT2D eigenvalue weighted by Gasteiger charge is 2.18. The average molecular weight is 167 g/mol. The van der Waals surface area contributed by atoms with Crippen LogP contribution in [0, 0.1) is 0 Å². The van der Waals surface area contributed by atoms with E-state index >= 15 is 0 Å². The Morgan fingerprint density at radius 1 is 1.42 bits per heavy atom. The molecule has 1 heterocycles. The van der Waals surface area contributed by atoms with E-state index in [1.807, 2.05) is 0 Å². The molecule has 0 aromatic rings. The van der Waals surface area contributed by atoms with Crippen molar-refractivity contribution in [3.8, 4) is 0 Å². The number of hydrogen-bond acceptors (Lipinski definition) is 2. The van der Waals surface area contributed by atoms with E-state index in [0.717, 1.165) is 17.8 Å². The van der Waals surface area contributed by atoms with Gasteiger partial charge in [-0.25, -0.2) is 4.39 Å². The molecule has 0 aromatic heterocycles. The third kappa shape index (κ3) is 1.22. The highest BCUT2D eigenvalue weighted by Crippen LogP contribution is 2.29. The Kier molecular flexibility index (Phi) is 1.64. The lowest BCUT2D eigenvalue weighted by Crippen LogP contribution is -1.93. The molecule has 0 aromatic carbocycles. The molecular weight excluding hydrogens is 157 g/mol. The molecule has 0 amide bonds. The lowest BCUT2D eigenvalue weighted by Gasteiger charge is -2.00. The van der Waals surface area contributed by atoms with Gasteiger partial charge in [-0.05, 0) is 17.7 Å². The van der Waals surface area contributed by atoms with E-state index in [-0.39, 0.29) is 12.2 Å². The minimum Gasteiger partial charge on any atom is -0.497 e. The van der Waals surface area contributed by atoms with E-state index in [1.54, 1.807) is 6.08 Å². The van der Waals surface area contributed by atoms with Crippen LogP contribution in [0.1, 0.15) is 12.8 Å². The van der Waals surface area contributed by atoms with Crippen LogP contribution in [0.2, 0.25) is 0 Å². The fourth-order valence-electron chi connectivity index (χ4n) is 1.46. The van der Waals surface area contributed by atoms with Gasteiger partial charge in [0.2, 0.25) is 0 Å². The third-order valence-electron chi connectivity index (χ3n) is 2.00. The topological polar surface area (TPSA) is 35.2 Å². The zero-order chi connectivity index (χ0) is 8.55. The molecule has 3 heteroatoms. The van der Waals surface area contributed by atoms with Crippen LogP contribution in [0.15, 0.2) is 35.0 Å². The molecule has 12 heavy (non-hydrogen) atoms. The van der Waals surface area contributed by atoms with Crippen LogP contribution < -0.4 is 5.73 Å². The molecule has 2 nitrogen and oxygen atoms in total. The zero-order valence-electron chi connectivity index (χ0n) is 6.64. The second-order valence-corrected chi connectivity index (χ2v) is 2.96. The molecule has 0 bridgehead atoms. The van der Waals surface area contributed by atoms with Crippen molar-refractivity contribution in [3.63, 3.8) is 0 Å². The van der Waals surface area contributed by atoms with Crippen molar-refractivity contribution in [2.45, 2.75) is 12.8 Å². The Morgan fingerprint density at radius 3 is 3.08 bits per heavy atom. The van der Waals surface area contributed by atoms with Crippen molar-refractivity contribution in [2.75, 3.05) is 6.61 Å². The molecular formula is C9H10FNO. The number of rotatable bonds is 0. The van der Waals surface area contributed by atoms with Crippen molar-refractivity contribution >= 4 is 0 Å². The molecule has 0 spiro atoms. The van der Waals surface area contributed by atoms with Crippen LogP contribution in [0.4, 0.5) is 4.39 Å². The predicted molar refractivity (Wildman–Crippen MR) is 43.7 cm³/mol. The molecule has 0 fully saturated rings. The monoisotopic (exact) mass is 167 g/mol. The van der Waals surface area contributed by atoms with Gasteiger partial charge < -0.3 is 10.5 Å². The van der Waals surface area contributed by atoms with E-state index in [4.69, 9.17) is 10.5 Å². The third-order valence-corrected chi connectivity index (χ3v) is 2.00. The molecule has 1 aliphatic carbocycles. The Hall–Kier alpha value is -1.25. The molecule has 0 unspecified atom stereocenters. The second-order valence-electron chi connectivity index (χ2n) is 2.96. The Bertz CT molecular complexity index is 302. The van der Waals surface area contributed by atoms with Gasteiger partial charge in [-0.1, -0.05) is 0 Å². The maximum atomic E-state index is 13.0. The minimum atomic E-state index is -0.226. The van der Waals surface area contributed by atoms with Gasteiger partial charge in [0.05, 0.1) is 13.0 Å². The first-order valence-electron chi connectivity index (χ1n) is 3.94. The summed E-state index contributed by atoms with van der Waals surface area (Å²) in [7, 11) is 0. The summed E-state index contributed by atoms with van der Waals surface area (Å²) < 4.78 is 18.2. The maximum Gasteiger partial charge on any atom is 0.109 e. The standard InChI is InChI=1S/C9H10FNO/c10-7-4-8(11)3-6-1-2-12-9(6)5-7/h3-4H,1-2,5,11H2. The first-order chi connectivity index (χ1) is 5.75. The Morgan fingerprint density at radius 2 is 2.25 bits per heavy atom. The maximum absolute atomic E-state index is 13.0. The highest BCUT2D eigenvalue weighted by molar-refractivity contribution is 5.37. The van der Waals surface area contributed by atoms with E-state index in [0.29, 0.717) is 12.3 Å². The minimum absolute atomic E-state index is 0.226. The summed E-state index contributed by atoms with van der Waals surface area (Å²) >= 11 is 0. The van der Waals surface area contributed by atoms with Gasteiger partial charge >= 0.3 is 0 Å². The van der Waals surface area contributed by atoms with E-state index in [9.17, 15) is 4.39 Å². The summed E-state index contributed by atoms with van der Waals surface area (Å²) in [5, 5.41) is 0. The van der Waals surface area contributed by atoms with Gasteiger partial charge in [0, 0.05) is 12.1 Å². The van der Waals surface area contributed by atoms with Crippen LogP contribution >= 0.6 is 0 Å². The fourth-order valence-corrected chi connectivity index (χ4v) is 1.46. The van der Waals surface area contributed by atoms with Crippen molar-refractivity contribution < 1.29 is 9.13 Å². The quantitative estimate of drug-likeness (QED) is 0.596. The van der Waals surface area contributed by atoms with Crippen molar-refractivity contribution in [2.24, 2.45) is 5.73 Å². The molecule has 0 radical (unpaired) electrons. The van der Waals surface area contributed by atoms with Gasteiger partial charge in [0.1, 0.15) is 11.6 Å². The molecule has 0 atom stereocenters. The number of halogens is 1. The number of allylic oxidation sites excluding steroid dienone is 3. The van der Waals surface area contributed by atoms with E-state index < -0.39 is 0 Å². The van der Waals surface area contributed by atoms with Crippen LogP contribution in [0.5, 0.6) is 0 Å². The van der Waals surface area contributed by atoms with Crippen molar-refractivity contribution in [3.05, 3.63) is 35.0 Å². The van der Waals surface area contributed by atoms with Crippen LogP contribution in [0.25, 0.3) is 0 Å². The molecule has 2 aliphatic rings. The second kappa shape index (κ2) is 2.66. The normalized spacial score (nSPS) is 22.4. The summed E-state index contributed by atoms with van der Waals surface area (Å²) in [6.45, 7) is 0.654. The summed E-state index contributed by atoms with van der Waals surface area (Å²) in [4.78, 5) is 0. The molecule has 0 saturated heterocycles. The van der Waals surface area contributed by atoms with E-state index in [2.05, 4.69) is 0 Å². The number of ether oxygens (including phenoxy) is 1. The van der Waals surface area contributed by atoms with Crippen LogP contribution in [-0.2, 0) is 4.74 Å². The average Bonchev–Trinajstić information content (AvgIpc) is 2.31. The molecule has 0 saturated carbocycles. The first kappa shape index (κ1) is 7.40. The number of hydrogen-bond donors (Lipinski definition) is 1. The largest absolute Gasteiger partial charge is 0.497 e. The summed E-state index contributed by atoms with van der Waals surface area (Å²) in [6.07, 6.45) is 4.24. The van der Waals surface area contributed by atoms with Crippen LogP contribution in [-0.4, -0.2) is 6.61 Å². The van der Waals surface area contributed by atoms with E-state index in [1.165, 1.54) is 6.08 Å². The summed E-state index contributed by atoms with van der Waals surface area (Å²) in [5.41, 5.74) is 7.05. The smallest absolute Gasteiger partial charge is 0.109 e. The SMILES string of the molecule is NC1=CC2=C(CC(F)=C1)OCC2. The Labute approximate surface area is 70.2 Å². The van der Waals surface area contributed by atoms with Crippen LogP contribution in [0.3, 0.4) is 0 Å². The zero-order valence-corrected chi connectivity index (χ0v) is 6.64. The summed E-state index contributed by atoms with van der Waals surface area (Å²) in [5.74, 6) is 0.514. The fraction of sp³-hybridized carbons (Fsp3) is 0.333. The summed E-state index contributed by atoms with van der Waals surface area (Å²) in [6, 6.07) is 0. The lowest BCUT2D eigenvalue weighted by molar-refractivity contribution is 0.235. The van der Waals surface area contributed by atoms with Crippen molar-refractivity contribution in [1.29, 1.82) is 0 Å². The molecule has 1 aliphatic heterocycles. The lowest BCUT2D eigenvalue weighted by atomic mass is 10.1. The molecule has 2 N–H and O–H groups in total. The van der Waals surface area contributed by atoms with Gasteiger partial charge in [-0.2, -0.15) is 0 Å². The van der Waals surface area contributed by atoms with Gasteiger partial charge in [-0.15, -0.1) is 0 Å².